The van der Waals surface area contributed by atoms with E-state index in [1.54, 1.807) is 53.4 Å². The van der Waals surface area contributed by atoms with Gasteiger partial charge in [0.1, 0.15) is 0 Å². The molecule has 2 aromatic rings. The van der Waals surface area contributed by atoms with Crippen molar-refractivity contribution in [1.82, 2.24) is 4.90 Å². The fraction of sp³-hybridized carbons (Fsp3) is 0.286. The summed E-state index contributed by atoms with van der Waals surface area (Å²) >= 11 is 0. The van der Waals surface area contributed by atoms with Crippen molar-refractivity contribution in [3.05, 3.63) is 54.1 Å². The first-order valence-corrected chi connectivity index (χ1v) is 9.40. The lowest BCUT2D eigenvalue weighted by atomic mass is 10.1. The van der Waals surface area contributed by atoms with Crippen LogP contribution < -0.4 is 16.0 Å². The third-order valence-corrected chi connectivity index (χ3v) is 4.37. The zero-order chi connectivity index (χ0) is 20.6. The van der Waals surface area contributed by atoms with Crippen LogP contribution in [-0.2, 0) is 14.3 Å². The van der Waals surface area contributed by atoms with Crippen LogP contribution in [0, 0.1) is 0 Å². The second-order valence-electron chi connectivity index (χ2n) is 6.64. The van der Waals surface area contributed by atoms with Gasteiger partial charge in [-0.05, 0) is 48.5 Å². The molecular weight excluding hydrogens is 372 g/mol. The Labute approximate surface area is 169 Å². The predicted octanol–water partition coefficient (Wildman–Crippen LogP) is 2.17. The van der Waals surface area contributed by atoms with Gasteiger partial charge >= 0.3 is 0 Å². The van der Waals surface area contributed by atoms with E-state index in [4.69, 9.17) is 4.74 Å². The van der Waals surface area contributed by atoms with Crippen LogP contribution in [0.15, 0.2) is 48.5 Å². The van der Waals surface area contributed by atoms with Crippen molar-refractivity contribution in [2.24, 2.45) is 0 Å². The number of rotatable bonds is 6. The maximum atomic E-state index is 12.4. The molecule has 1 aliphatic rings. The second kappa shape index (κ2) is 9.70. The molecule has 3 amide bonds. The molecule has 1 aliphatic heterocycles. The topological polar surface area (TPSA) is 99.8 Å². The first kappa shape index (κ1) is 20.3. The van der Waals surface area contributed by atoms with Crippen molar-refractivity contribution in [3.63, 3.8) is 0 Å². The Kier molecular flexibility index (Phi) is 6.80. The number of benzene rings is 2. The summed E-state index contributed by atoms with van der Waals surface area (Å²) in [6, 6.07) is 13.9. The van der Waals surface area contributed by atoms with Crippen LogP contribution in [0.5, 0.6) is 0 Å². The molecule has 0 spiro atoms. The van der Waals surface area contributed by atoms with E-state index in [9.17, 15) is 14.4 Å². The van der Waals surface area contributed by atoms with Crippen molar-refractivity contribution >= 4 is 34.8 Å². The van der Waals surface area contributed by atoms with E-state index in [0.29, 0.717) is 43.2 Å². The molecule has 1 fully saturated rings. The van der Waals surface area contributed by atoms with Gasteiger partial charge in [0.25, 0.3) is 5.91 Å². The lowest BCUT2D eigenvalue weighted by molar-refractivity contribution is -0.115. The second-order valence-corrected chi connectivity index (χ2v) is 6.64. The molecule has 29 heavy (non-hydrogen) atoms. The minimum Gasteiger partial charge on any atom is -0.378 e. The number of nitrogens with one attached hydrogen (secondary N) is 3. The van der Waals surface area contributed by atoms with Crippen LogP contribution in [-0.4, -0.2) is 55.5 Å². The molecule has 0 aliphatic carbocycles. The average molecular weight is 396 g/mol. The van der Waals surface area contributed by atoms with Gasteiger partial charge in [0.15, 0.2) is 0 Å². The molecular formula is C21H24N4O4. The number of carbonyl (C=O) groups excluding carboxylic acids is 3. The fourth-order valence-corrected chi connectivity index (χ4v) is 2.91. The quantitative estimate of drug-likeness (QED) is 0.695. The molecule has 1 heterocycles. The summed E-state index contributed by atoms with van der Waals surface area (Å²) in [6.07, 6.45) is 0. The van der Waals surface area contributed by atoms with Gasteiger partial charge in [-0.25, -0.2) is 0 Å². The van der Waals surface area contributed by atoms with Gasteiger partial charge in [-0.15, -0.1) is 0 Å². The van der Waals surface area contributed by atoms with E-state index >= 15 is 0 Å². The first-order valence-electron chi connectivity index (χ1n) is 9.40. The summed E-state index contributed by atoms with van der Waals surface area (Å²) in [5.74, 6) is -0.366. The Balaban J connectivity index is 1.47. The molecule has 2 aromatic carbocycles. The van der Waals surface area contributed by atoms with Gasteiger partial charge < -0.3 is 25.6 Å². The Bertz CT molecular complexity index is 859. The molecule has 3 rings (SSSR count). The van der Waals surface area contributed by atoms with Crippen molar-refractivity contribution in [2.45, 2.75) is 6.92 Å². The third-order valence-electron chi connectivity index (χ3n) is 4.37. The molecule has 0 atom stereocenters. The third kappa shape index (κ3) is 6.05. The van der Waals surface area contributed by atoms with Crippen LogP contribution in [0.2, 0.25) is 0 Å². The highest BCUT2D eigenvalue weighted by atomic mass is 16.5. The summed E-state index contributed by atoms with van der Waals surface area (Å²) in [7, 11) is 0. The summed E-state index contributed by atoms with van der Waals surface area (Å²) in [4.78, 5) is 37.3. The minimum atomic E-state index is -0.203. The molecule has 0 saturated carbocycles. The summed E-state index contributed by atoms with van der Waals surface area (Å²) in [6.45, 7) is 3.86. The van der Waals surface area contributed by atoms with Crippen molar-refractivity contribution in [2.75, 3.05) is 48.8 Å². The van der Waals surface area contributed by atoms with Crippen molar-refractivity contribution in [1.29, 1.82) is 0 Å². The normalized spacial score (nSPS) is 13.5. The number of morpholine rings is 1. The van der Waals surface area contributed by atoms with Gasteiger partial charge in [0.2, 0.25) is 11.8 Å². The van der Waals surface area contributed by atoms with Crippen LogP contribution in [0.3, 0.4) is 0 Å². The fourth-order valence-electron chi connectivity index (χ4n) is 2.91. The maximum Gasteiger partial charge on any atom is 0.254 e. The summed E-state index contributed by atoms with van der Waals surface area (Å²) in [5, 5.41) is 8.48. The van der Waals surface area contributed by atoms with Crippen LogP contribution in [0.4, 0.5) is 17.1 Å². The molecule has 152 valence electrons. The predicted molar refractivity (Wildman–Crippen MR) is 111 cm³/mol. The monoisotopic (exact) mass is 396 g/mol. The van der Waals surface area contributed by atoms with E-state index in [0.717, 1.165) is 5.69 Å². The number of nitrogens with zero attached hydrogens (tertiary/aromatic N) is 1. The molecule has 8 heteroatoms. The Morgan fingerprint density at radius 2 is 1.41 bits per heavy atom. The number of amides is 3. The molecule has 0 aromatic heterocycles. The standard InChI is InChI=1S/C21H24N4O4/c1-15(26)23-18-6-8-19(9-7-18)24-20(27)14-22-17-4-2-16(3-5-17)21(28)25-10-12-29-13-11-25/h2-9,22H,10-14H2,1H3,(H,23,26)(H,24,27). The van der Waals surface area contributed by atoms with Gasteiger partial charge in [0.05, 0.1) is 19.8 Å². The molecule has 1 saturated heterocycles. The van der Waals surface area contributed by atoms with E-state index in [1.165, 1.54) is 6.92 Å². The zero-order valence-electron chi connectivity index (χ0n) is 16.2. The highest BCUT2D eigenvalue weighted by Gasteiger charge is 2.18. The van der Waals surface area contributed by atoms with E-state index in [1.807, 2.05) is 0 Å². The number of ether oxygens (including phenoxy) is 1. The van der Waals surface area contributed by atoms with Crippen LogP contribution in [0.25, 0.3) is 0 Å². The molecule has 0 radical (unpaired) electrons. The lowest BCUT2D eigenvalue weighted by Gasteiger charge is -2.26. The number of carbonyl (C=O) groups is 3. The summed E-state index contributed by atoms with van der Waals surface area (Å²) < 4.78 is 5.26. The Hall–Kier alpha value is -3.39. The van der Waals surface area contributed by atoms with Crippen molar-refractivity contribution in [3.8, 4) is 0 Å². The van der Waals surface area contributed by atoms with E-state index < -0.39 is 0 Å². The van der Waals surface area contributed by atoms with E-state index in [2.05, 4.69) is 16.0 Å². The van der Waals surface area contributed by atoms with Gasteiger partial charge in [0, 0.05) is 42.6 Å². The number of hydrogen-bond acceptors (Lipinski definition) is 5. The molecule has 0 bridgehead atoms. The minimum absolute atomic E-state index is 0.0136. The van der Waals surface area contributed by atoms with Gasteiger partial charge in [-0.2, -0.15) is 0 Å². The van der Waals surface area contributed by atoms with Gasteiger partial charge in [-0.3, -0.25) is 14.4 Å². The van der Waals surface area contributed by atoms with Crippen LogP contribution >= 0.6 is 0 Å². The number of hydrogen-bond donors (Lipinski definition) is 3. The number of anilines is 3. The molecule has 3 N–H and O–H groups in total. The van der Waals surface area contributed by atoms with Gasteiger partial charge in [-0.1, -0.05) is 0 Å². The van der Waals surface area contributed by atoms with Crippen molar-refractivity contribution < 1.29 is 19.1 Å². The van der Waals surface area contributed by atoms with Crippen LogP contribution in [0.1, 0.15) is 17.3 Å². The molecule has 0 unspecified atom stereocenters. The smallest absolute Gasteiger partial charge is 0.254 e. The first-order chi connectivity index (χ1) is 14.0. The zero-order valence-corrected chi connectivity index (χ0v) is 16.2. The summed E-state index contributed by atoms with van der Waals surface area (Å²) in [5.41, 5.74) is 2.67. The van der Waals surface area contributed by atoms with E-state index in [-0.39, 0.29) is 24.3 Å². The average Bonchev–Trinajstić information content (AvgIpc) is 2.74. The highest BCUT2D eigenvalue weighted by Crippen LogP contribution is 2.15. The Morgan fingerprint density at radius 3 is 2.00 bits per heavy atom. The molecule has 8 nitrogen and oxygen atoms in total. The Morgan fingerprint density at radius 1 is 0.862 bits per heavy atom. The largest absolute Gasteiger partial charge is 0.378 e. The highest BCUT2D eigenvalue weighted by molar-refractivity contribution is 5.96. The SMILES string of the molecule is CC(=O)Nc1ccc(NC(=O)CNc2ccc(C(=O)N3CCOCC3)cc2)cc1. The lowest BCUT2D eigenvalue weighted by Crippen LogP contribution is -2.40. The maximum absolute atomic E-state index is 12.4.